The van der Waals surface area contributed by atoms with E-state index in [0.29, 0.717) is 18.8 Å². The van der Waals surface area contributed by atoms with Gasteiger partial charge in [0.25, 0.3) is 0 Å². The Morgan fingerprint density at radius 3 is 2.31 bits per heavy atom. The Morgan fingerprint density at radius 1 is 1.05 bits per heavy atom. The lowest BCUT2D eigenvalue weighted by Crippen LogP contribution is -2.49. The van der Waals surface area contributed by atoms with Gasteiger partial charge in [0.2, 0.25) is 0 Å². The highest BCUT2D eigenvalue weighted by molar-refractivity contribution is 5.89. The molecule has 2 aromatic carbocycles. The molecule has 0 radical (unpaired) electrons. The minimum Gasteiger partial charge on any atom is -0.487 e. The van der Waals surface area contributed by atoms with Gasteiger partial charge in [0.1, 0.15) is 18.5 Å². The molecule has 2 amide bonds. The van der Waals surface area contributed by atoms with Crippen molar-refractivity contribution in [3.8, 4) is 11.5 Å². The number of aromatic nitrogens is 2. The minimum absolute atomic E-state index is 0.0718. The molecule has 10 nitrogen and oxygen atoms in total. The quantitative estimate of drug-likeness (QED) is 0.366. The lowest BCUT2D eigenvalue weighted by molar-refractivity contribution is -0.275. The summed E-state index contributed by atoms with van der Waals surface area (Å²) in [6.07, 6.45) is -7.32. The topological polar surface area (TPSA) is 115 Å². The fourth-order valence-electron chi connectivity index (χ4n) is 3.46. The second-order valence-electron chi connectivity index (χ2n) is 8.53. The van der Waals surface area contributed by atoms with E-state index in [0.717, 1.165) is 11.6 Å². The molecule has 1 unspecified atom stereocenters. The smallest absolute Gasteiger partial charge is 0.487 e. The van der Waals surface area contributed by atoms with Crippen LogP contribution in [0.5, 0.6) is 11.5 Å². The number of ether oxygens (including phenoxy) is 3. The van der Waals surface area contributed by atoms with Crippen LogP contribution in [-0.2, 0) is 16.1 Å². The van der Waals surface area contributed by atoms with E-state index in [2.05, 4.69) is 15.2 Å². The van der Waals surface area contributed by atoms with Crippen LogP contribution >= 0.6 is 0 Å². The van der Waals surface area contributed by atoms with Gasteiger partial charge in [0.15, 0.2) is 11.5 Å². The van der Waals surface area contributed by atoms with Crippen molar-refractivity contribution < 1.29 is 59.6 Å². The van der Waals surface area contributed by atoms with Crippen molar-refractivity contribution in [2.45, 2.75) is 25.2 Å². The highest BCUT2D eigenvalue weighted by Crippen LogP contribution is 2.32. The van der Waals surface area contributed by atoms with Gasteiger partial charge in [-0.05, 0) is 29.8 Å². The van der Waals surface area contributed by atoms with Gasteiger partial charge in [0.05, 0.1) is 31.6 Å². The molecular formula is C25H23F7N4O6. The van der Waals surface area contributed by atoms with Crippen LogP contribution in [0.1, 0.15) is 5.56 Å². The Bertz CT molecular complexity index is 1330. The summed E-state index contributed by atoms with van der Waals surface area (Å²) in [4.78, 5) is 23.1. The van der Waals surface area contributed by atoms with Gasteiger partial charge >= 0.3 is 24.5 Å². The van der Waals surface area contributed by atoms with Gasteiger partial charge in [-0.2, -0.15) is 18.3 Å². The van der Waals surface area contributed by atoms with E-state index < -0.39 is 30.4 Å². The van der Waals surface area contributed by atoms with Crippen molar-refractivity contribution in [2.24, 2.45) is 0 Å². The maximum atomic E-state index is 13.1. The summed E-state index contributed by atoms with van der Waals surface area (Å²) in [7, 11) is 0. The van der Waals surface area contributed by atoms with Crippen molar-refractivity contribution in [3.05, 3.63) is 72.3 Å². The van der Waals surface area contributed by atoms with Crippen molar-refractivity contribution in [2.75, 3.05) is 31.6 Å². The van der Waals surface area contributed by atoms with Gasteiger partial charge in [0, 0.05) is 12.7 Å². The van der Waals surface area contributed by atoms with Gasteiger partial charge in [-0.1, -0.05) is 24.3 Å². The third-order valence-electron chi connectivity index (χ3n) is 5.31. The molecule has 17 heteroatoms. The maximum Gasteiger partial charge on any atom is 0.573 e. The summed E-state index contributed by atoms with van der Waals surface area (Å²) in [5.41, 5.74) is 1.33. The zero-order valence-electron chi connectivity index (χ0n) is 21.4. The number of carboxylic acids is 1. The number of aliphatic carboxylic acids is 1. The minimum atomic E-state index is -5.08. The van der Waals surface area contributed by atoms with E-state index in [1.165, 1.54) is 41.4 Å². The van der Waals surface area contributed by atoms with Crippen molar-refractivity contribution in [1.29, 1.82) is 0 Å². The first-order valence-corrected chi connectivity index (χ1v) is 11.9. The standard InChI is InChI=1S/C23H22F4N4O4.C2HF3O2/c24-17-7-5-16(6-8-17)12-31-13-18(11-28-31)29-22(32)30-9-10-33-19(14-30)15-34-20-3-1-2-4-21(20)35-23(25,26)27;3-2(4,5)1(6)7/h1-8,11,13,19H,9-10,12,14-15H2,(H,29,32);(H,6,7). The number of carbonyl (C=O) groups excluding carboxylic acids is 1. The van der Waals surface area contributed by atoms with Gasteiger partial charge < -0.3 is 29.5 Å². The van der Waals surface area contributed by atoms with Crippen LogP contribution in [0, 0.1) is 5.82 Å². The number of anilines is 1. The monoisotopic (exact) mass is 608 g/mol. The number of carboxylic acid groups (broad SMARTS) is 1. The maximum absolute atomic E-state index is 13.1. The summed E-state index contributed by atoms with van der Waals surface area (Å²) < 4.78 is 99.2. The molecule has 0 aliphatic carbocycles. The number of para-hydroxylation sites is 2. The predicted octanol–water partition coefficient (Wildman–Crippen LogP) is 4.91. The first-order valence-electron chi connectivity index (χ1n) is 11.9. The van der Waals surface area contributed by atoms with E-state index in [4.69, 9.17) is 19.4 Å². The molecule has 1 aliphatic rings. The largest absolute Gasteiger partial charge is 0.573 e. The Morgan fingerprint density at radius 2 is 1.69 bits per heavy atom. The van der Waals surface area contributed by atoms with Gasteiger partial charge in [-0.25, -0.2) is 14.0 Å². The molecule has 0 bridgehead atoms. The average molecular weight is 608 g/mol. The van der Waals surface area contributed by atoms with Crippen LogP contribution in [0.25, 0.3) is 0 Å². The zero-order valence-corrected chi connectivity index (χ0v) is 21.4. The molecule has 42 heavy (non-hydrogen) atoms. The molecule has 228 valence electrons. The number of nitrogens with zero attached hydrogens (tertiary/aromatic N) is 3. The first-order chi connectivity index (χ1) is 19.7. The summed E-state index contributed by atoms with van der Waals surface area (Å²) in [5.74, 6) is -3.62. The van der Waals surface area contributed by atoms with Crippen molar-refractivity contribution in [1.82, 2.24) is 14.7 Å². The molecule has 3 aromatic rings. The number of nitrogens with one attached hydrogen (secondary N) is 1. The number of alkyl halides is 6. The summed E-state index contributed by atoms with van der Waals surface area (Å²) in [6.45, 7) is 1.09. The van der Waals surface area contributed by atoms with Gasteiger partial charge in [-0.3, -0.25) is 4.68 Å². The third kappa shape index (κ3) is 10.5. The van der Waals surface area contributed by atoms with Crippen LogP contribution in [0.2, 0.25) is 0 Å². The van der Waals surface area contributed by atoms with E-state index in [9.17, 15) is 35.5 Å². The third-order valence-corrected chi connectivity index (χ3v) is 5.31. The molecule has 1 saturated heterocycles. The number of hydrogen-bond donors (Lipinski definition) is 2. The number of hydrogen-bond acceptors (Lipinski definition) is 6. The Kier molecular flexibility index (Phi) is 10.6. The van der Waals surface area contributed by atoms with E-state index in [1.54, 1.807) is 23.0 Å². The fraction of sp³-hybridized carbons (Fsp3) is 0.320. The molecule has 1 atom stereocenters. The van der Waals surface area contributed by atoms with E-state index in [-0.39, 0.29) is 37.4 Å². The van der Waals surface area contributed by atoms with Crippen LogP contribution < -0.4 is 14.8 Å². The number of morpholine rings is 1. The second-order valence-corrected chi connectivity index (χ2v) is 8.53. The number of halogens is 7. The Labute approximate surface area is 233 Å². The highest BCUT2D eigenvalue weighted by Gasteiger charge is 2.38. The Hall–Kier alpha value is -4.54. The van der Waals surface area contributed by atoms with Crippen LogP contribution in [0.3, 0.4) is 0 Å². The van der Waals surface area contributed by atoms with E-state index >= 15 is 0 Å². The number of urea groups is 1. The molecule has 2 heterocycles. The number of rotatable bonds is 7. The SMILES string of the molecule is O=C(Nc1cnn(Cc2ccc(F)cc2)c1)N1CCOC(COc2ccccc2OC(F)(F)F)C1.O=C(O)C(F)(F)F. The zero-order chi connectivity index (χ0) is 30.9. The summed E-state index contributed by atoms with van der Waals surface area (Å²) in [6, 6.07) is 11.1. The highest BCUT2D eigenvalue weighted by atomic mass is 19.4. The van der Waals surface area contributed by atoms with Crippen molar-refractivity contribution in [3.63, 3.8) is 0 Å². The normalized spacial score (nSPS) is 15.3. The molecule has 2 N–H and O–H groups in total. The number of amides is 2. The average Bonchev–Trinajstić information content (AvgIpc) is 3.35. The fourth-order valence-corrected chi connectivity index (χ4v) is 3.46. The summed E-state index contributed by atoms with van der Waals surface area (Å²) in [5, 5.41) is 14.1. The van der Waals surface area contributed by atoms with Gasteiger partial charge in [-0.15, -0.1) is 13.2 Å². The molecule has 0 spiro atoms. The van der Waals surface area contributed by atoms with Crippen LogP contribution in [0.15, 0.2) is 60.9 Å². The summed E-state index contributed by atoms with van der Waals surface area (Å²) >= 11 is 0. The molecule has 1 aliphatic heterocycles. The molecule has 1 fully saturated rings. The lowest BCUT2D eigenvalue weighted by atomic mass is 10.2. The second kappa shape index (κ2) is 13.9. The van der Waals surface area contributed by atoms with Crippen LogP contribution in [-0.4, -0.2) is 76.7 Å². The number of carbonyl (C=O) groups is 2. The van der Waals surface area contributed by atoms with Crippen molar-refractivity contribution >= 4 is 17.7 Å². The Balaban J connectivity index is 0.000000616. The molecule has 4 rings (SSSR count). The predicted molar refractivity (Wildman–Crippen MR) is 130 cm³/mol. The first kappa shape index (κ1) is 32.0. The molecule has 1 aromatic heterocycles. The lowest BCUT2D eigenvalue weighted by Gasteiger charge is -2.32. The molecular weight excluding hydrogens is 585 g/mol. The number of benzene rings is 2. The van der Waals surface area contributed by atoms with Crippen LogP contribution in [0.4, 0.5) is 41.2 Å². The molecule has 0 saturated carbocycles. The van der Waals surface area contributed by atoms with E-state index in [1.807, 2.05) is 0 Å².